The maximum Gasteiger partial charge on any atom is 0.239 e. The van der Waals surface area contributed by atoms with E-state index in [0.717, 1.165) is 24.3 Å². The summed E-state index contributed by atoms with van der Waals surface area (Å²) in [6.07, 6.45) is -5.86. The van der Waals surface area contributed by atoms with Crippen LogP contribution in [0.1, 0.15) is 0 Å². The Kier molecular flexibility index (Phi) is 5.11. The summed E-state index contributed by atoms with van der Waals surface area (Å²) in [5.41, 5.74) is -1.04. The van der Waals surface area contributed by atoms with E-state index in [1.54, 1.807) is 0 Å². The van der Waals surface area contributed by atoms with Crippen LogP contribution in [0.4, 0.5) is 0 Å². The minimum Gasteiger partial charge on any atom is -0.508 e. The highest BCUT2D eigenvalue weighted by atomic mass is 16.7. The maximum atomic E-state index is 13.1. The fourth-order valence-corrected chi connectivity index (χ4v) is 3.31. The second kappa shape index (κ2) is 7.63. The molecule has 164 valence electrons. The van der Waals surface area contributed by atoms with Crippen molar-refractivity contribution in [2.24, 2.45) is 0 Å². The Morgan fingerprint density at radius 3 is 2.32 bits per heavy atom. The highest BCUT2D eigenvalue weighted by molar-refractivity contribution is 5.88. The van der Waals surface area contributed by atoms with Gasteiger partial charge in [-0.25, -0.2) is 0 Å². The zero-order chi connectivity index (χ0) is 22.4. The van der Waals surface area contributed by atoms with Crippen molar-refractivity contribution in [3.8, 4) is 40.1 Å². The number of aromatic hydroxyl groups is 4. The van der Waals surface area contributed by atoms with Crippen molar-refractivity contribution in [1.82, 2.24) is 0 Å². The highest BCUT2D eigenvalue weighted by Crippen LogP contribution is 2.39. The minimum atomic E-state index is -1.62. The second-order valence-electron chi connectivity index (χ2n) is 6.96. The number of aliphatic hydroxyl groups is 3. The van der Waals surface area contributed by atoms with Crippen LogP contribution in [-0.2, 0) is 4.74 Å². The van der Waals surface area contributed by atoms with Crippen molar-refractivity contribution in [2.45, 2.75) is 24.6 Å². The molecule has 0 unspecified atom stereocenters. The summed E-state index contributed by atoms with van der Waals surface area (Å²) in [5, 5.41) is 68.3. The molecule has 4 atom stereocenters. The predicted octanol–water partition coefficient (Wildman–Crippen LogP) is 0.100. The molecule has 1 fully saturated rings. The van der Waals surface area contributed by atoms with Gasteiger partial charge in [0.15, 0.2) is 17.3 Å². The molecule has 2 aromatic carbocycles. The normalized spacial score (nSPS) is 23.3. The first-order valence-corrected chi connectivity index (χ1v) is 9.05. The SMILES string of the molecule is O=c1c(O[C@H]2O[C@H](CO)[C@H](O)[C@@H]2O)c(-c2ccc(O)c(O)c2)oc2cc(O)cc(O)c12. The molecule has 0 saturated carbocycles. The average Bonchev–Trinajstić information content (AvgIpc) is 2.99. The smallest absolute Gasteiger partial charge is 0.239 e. The Balaban J connectivity index is 1.92. The molecule has 1 aliphatic rings. The molecule has 0 radical (unpaired) electrons. The molecule has 2 heterocycles. The van der Waals surface area contributed by atoms with E-state index in [4.69, 9.17) is 13.9 Å². The van der Waals surface area contributed by atoms with E-state index < -0.39 is 59.6 Å². The van der Waals surface area contributed by atoms with E-state index in [-0.39, 0.29) is 28.0 Å². The lowest BCUT2D eigenvalue weighted by atomic mass is 10.1. The monoisotopic (exact) mass is 434 g/mol. The number of fused-ring (bicyclic) bond motifs is 1. The molecule has 1 aliphatic heterocycles. The van der Waals surface area contributed by atoms with Gasteiger partial charge in [0.2, 0.25) is 17.5 Å². The lowest BCUT2D eigenvalue weighted by molar-refractivity contribution is -0.117. The van der Waals surface area contributed by atoms with E-state index >= 15 is 0 Å². The third-order valence-electron chi connectivity index (χ3n) is 4.89. The van der Waals surface area contributed by atoms with Crippen molar-refractivity contribution >= 4 is 11.0 Å². The molecule has 11 nitrogen and oxygen atoms in total. The Morgan fingerprint density at radius 1 is 0.935 bits per heavy atom. The van der Waals surface area contributed by atoms with Gasteiger partial charge < -0.3 is 49.6 Å². The fraction of sp³-hybridized carbons (Fsp3) is 0.250. The number of hydrogen-bond donors (Lipinski definition) is 7. The molecular formula is C20H18O11. The quantitative estimate of drug-likeness (QED) is 0.276. The van der Waals surface area contributed by atoms with E-state index in [2.05, 4.69) is 0 Å². The predicted molar refractivity (Wildman–Crippen MR) is 103 cm³/mol. The van der Waals surface area contributed by atoms with Crippen LogP contribution in [0.25, 0.3) is 22.3 Å². The summed E-state index contributed by atoms with van der Waals surface area (Å²) in [4.78, 5) is 13.1. The first kappa shape index (κ1) is 20.8. The van der Waals surface area contributed by atoms with Gasteiger partial charge in [0.1, 0.15) is 40.8 Å². The summed E-state index contributed by atoms with van der Waals surface area (Å²) in [6.45, 7) is -0.622. The summed E-state index contributed by atoms with van der Waals surface area (Å²) < 4.78 is 16.4. The van der Waals surface area contributed by atoms with Gasteiger partial charge in [-0.1, -0.05) is 0 Å². The third kappa shape index (κ3) is 3.49. The number of aliphatic hydroxyl groups excluding tert-OH is 3. The topological polar surface area (TPSA) is 190 Å². The van der Waals surface area contributed by atoms with Crippen LogP contribution in [0.3, 0.4) is 0 Å². The van der Waals surface area contributed by atoms with E-state index in [0.29, 0.717) is 0 Å². The number of phenols is 4. The molecule has 0 bridgehead atoms. The molecule has 3 aromatic rings. The van der Waals surface area contributed by atoms with Crippen LogP contribution in [0, 0.1) is 0 Å². The van der Waals surface area contributed by atoms with Crippen LogP contribution in [0.2, 0.25) is 0 Å². The molecule has 1 aromatic heterocycles. The van der Waals surface area contributed by atoms with E-state index in [9.17, 15) is 40.5 Å². The summed E-state index contributed by atoms with van der Waals surface area (Å²) in [6, 6.07) is 5.50. The van der Waals surface area contributed by atoms with Crippen LogP contribution >= 0.6 is 0 Å². The van der Waals surface area contributed by atoms with Gasteiger partial charge in [-0.2, -0.15) is 0 Å². The van der Waals surface area contributed by atoms with Gasteiger partial charge in [-0.3, -0.25) is 4.79 Å². The summed E-state index contributed by atoms with van der Waals surface area (Å²) >= 11 is 0. The number of hydrogen-bond acceptors (Lipinski definition) is 11. The lowest BCUT2D eigenvalue weighted by Gasteiger charge is -2.19. The lowest BCUT2D eigenvalue weighted by Crippen LogP contribution is -2.36. The zero-order valence-corrected chi connectivity index (χ0v) is 15.7. The third-order valence-corrected chi connectivity index (χ3v) is 4.89. The fourth-order valence-electron chi connectivity index (χ4n) is 3.31. The van der Waals surface area contributed by atoms with Gasteiger partial charge in [0, 0.05) is 17.7 Å². The number of rotatable bonds is 4. The molecule has 0 amide bonds. The van der Waals surface area contributed by atoms with Gasteiger partial charge >= 0.3 is 0 Å². The van der Waals surface area contributed by atoms with Gasteiger partial charge in [-0.05, 0) is 18.2 Å². The van der Waals surface area contributed by atoms with E-state index in [1.807, 2.05) is 0 Å². The Hall–Kier alpha value is -3.51. The molecular weight excluding hydrogens is 416 g/mol. The first-order valence-electron chi connectivity index (χ1n) is 9.05. The molecule has 4 rings (SSSR count). The average molecular weight is 434 g/mol. The number of ether oxygens (including phenoxy) is 2. The largest absolute Gasteiger partial charge is 0.508 e. The van der Waals surface area contributed by atoms with Crippen molar-refractivity contribution in [3.05, 3.63) is 40.6 Å². The second-order valence-corrected chi connectivity index (χ2v) is 6.96. The maximum absolute atomic E-state index is 13.1. The van der Waals surface area contributed by atoms with Crippen molar-refractivity contribution in [2.75, 3.05) is 6.61 Å². The summed E-state index contributed by atoms with van der Waals surface area (Å²) in [7, 11) is 0. The summed E-state index contributed by atoms with van der Waals surface area (Å²) in [5.74, 6) is -2.78. The molecule has 7 N–H and O–H groups in total. The number of phenolic OH excluding ortho intramolecular Hbond substituents is 4. The van der Waals surface area contributed by atoms with Crippen LogP contribution < -0.4 is 10.2 Å². The van der Waals surface area contributed by atoms with E-state index in [1.165, 1.54) is 6.07 Å². The molecule has 0 aliphatic carbocycles. The van der Waals surface area contributed by atoms with Gasteiger partial charge in [0.05, 0.1) is 6.61 Å². The molecule has 31 heavy (non-hydrogen) atoms. The molecule has 0 spiro atoms. The first-order chi connectivity index (χ1) is 14.7. The van der Waals surface area contributed by atoms with Crippen LogP contribution in [0.15, 0.2) is 39.5 Å². The highest BCUT2D eigenvalue weighted by Gasteiger charge is 2.44. The Bertz CT molecular complexity index is 1200. The number of benzene rings is 2. The molecule has 11 heteroatoms. The van der Waals surface area contributed by atoms with Crippen LogP contribution in [-0.4, -0.2) is 67.0 Å². The Morgan fingerprint density at radius 2 is 1.68 bits per heavy atom. The molecule has 1 saturated heterocycles. The van der Waals surface area contributed by atoms with Gasteiger partial charge in [-0.15, -0.1) is 0 Å². The van der Waals surface area contributed by atoms with Crippen molar-refractivity contribution < 1.29 is 49.6 Å². The zero-order valence-electron chi connectivity index (χ0n) is 15.7. The minimum absolute atomic E-state index is 0.0684. The standard InChI is InChI=1S/C20H18O11/c21-6-13-15(26)17(28)20(30-13)31-19-16(27)14-11(25)4-8(22)5-12(14)29-18(19)7-1-2-9(23)10(24)3-7/h1-5,13,15,17,20-26,28H,6H2/t13-,15+,17+,20-/m1/s1. The van der Waals surface area contributed by atoms with Crippen molar-refractivity contribution in [1.29, 1.82) is 0 Å². The van der Waals surface area contributed by atoms with Crippen molar-refractivity contribution in [3.63, 3.8) is 0 Å². The Labute approximate surface area is 173 Å². The van der Waals surface area contributed by atoms with Gasteiger partial charge in [0.25, 0.3) is 0 Å². The van der Waals surface area contributed by atoms with Crippen LogP contribution in [0.5, 0.6) is 28.7 Å².